The molecule has 15 heavy (non-hydrogen) atoms. The normalized spacial score (nSPS) is 21.7. The fraction of sp³-hybridized carbons (Fsp3) is 0.455. The van der Waals surface area contributed by atoms with Crippen LogP contribution in [0, 0.1) is 17.0 Å². The van der Waals surface area contributed by atoms with E-state index in [1.165, 1.54) is 25.0 Å². The van der Waals surface area contributed by atoms with Gasteiger partial charge in [-0.05, 0) is 34.8 Å². The lowest BCUT2D eigenvalue weighted by Gasteiger charge is -2.42. The Morgan fingerprint density at radius 2 is 1.80 bits per heavy atom. The van der Waals surface area contributed by atoms with Crippen LogP contribution in [-0.4, -0.2) is 13.1 Å². The standard InChI is InChI=1S/C11H10BrF2N/c12-7-3-9(14)10(4-8(7)13)15-5-11(6-15)1-2-11/h3-4H,1-2,5-6H2. The lowest BCUT2D eigenvalue weighted by atomic mass is 9.96. The van der Waals surface area contributed by atoms with Crippen LogP contribution in [0.3, 0.4) is 0 Å². The van der Waals surface area contributed by atoms with Crippen LogP contribution in [0.15, 0.2) is 16.6 Å². The summed E-state index contributed by atoms with van der Waals surface area (Å²) in [5.41, 5.74) is 0.851. The Balaban J connectivity index is 1.88. The van der Waals surface area contributed by atoms with Crippen LogP contribution >= 0.6 is 15.9 Å². The zero-order valence-corrected chi connectivity index (χ0v) is 9.65. The molecule has 0 aromatic heterocycles. The summed E-state index contributed by atoms with van der Waals surface area (Å²) in [5, 5.41) is 0. The predicted octanol–water partition coefficient (Wildman–Crippen LogP) is 3.33. The summed E-state index contributed by atoms with van der Waals surface area (Å²) in [6.45, 7) is 1.76. The summed E-state index contributed by atoms with van der Waals surface area (Å²) < 4.78 is 27.0. The molecular weight excluding hydrogens is 264 g/mol. The zero-order valence-electron chi connectivity index (χ0n) is 8.06. The first-order chi connectivity index (χ1) is 7.10. The lowest BCUT2D eigenvalue weighted by Crippen LogP contribution is -2.48. The van der Waals surface area contributed by atoms with E-state index in [0.29, 0.717) is 11.1 Å². The van der Waals surface area contributed by atoms with Crippen molar-refractivity contribution in [2.24, 2.45) is 5.41 Å². The first kappa shape index (κ1) is 9.58. The van der Waals surface area contributed by atoms with Crippen molar-refractivity contribution in [3.8, 4) is 0 Å². The summed E-state index contributed by atoms with van der Waals surface area (Å²) >= 11 is 2.97. The minimum Gasteiger partial charge on any atom is -0.368 e. The highest BCUT2D eigenvalue weighted by atomic mass is 79.9. The summed E-state index contributed by atoms with van der Waals surface area (Å²) in [6.07, 6.45) is 2.48. The van der Waals surface area contributed by atoms with Gasteiger partial charge in [0.25, 0.3) is 0 Å². The maximum absolute atomic E-state index is 13.5. The van der Waals surface area contributed by atoms with Crippen molar-refractivity contribution in [1.82, 2.24) is 0 Å². The van der Waals surface area contributed by atoms with Crippen molar-refractivity contribution in [3.05, 3.63) is 28.2 Å². The summed E-state index contributed by atoms with van der Waals surface area (Å²) in [6, 6.07) is 2.47. The minimum atomic E-state index is -0.400. The van der Waals surface area contributed by atoms with Crippen LogP contribution in [0.25, 0.3) is 0 Å². The number of hydrogen-bond donors (Lipinski definition) is 0. The molecule has 0 atom stereocenters. The third-order valence-electron chi connectivity index (χ3n) is 3.34. The molecule has 1 aliphatic carbocycles. The highest BCUT2D eigenvalue weighted by Gasteiger charge is 2.52. The monoisotopic (exact) mass is 273 g/mol. The van der Waals surface area contributed by atoms with Gasteiger partial charge in [0.05, 0.1) is 10.2 Å². The van der Waals surface area contributed by atoms with E-state index in [1.54, 1.807) is 0 Å². The summed E-state index contributed by atoms with van der Waals surface area (Å²) in [5.74, 6) is -0.748. The van der Waals surface area contributed by atoms with Crippen molar-refractivity contribution in [2.75, 3.05) is 18.0 Å². The molecule has 0 radical (unpaired) electrons. The molecule has 1 aromatic rings. The highest BCUT2D eigenvalue weighted by molar-refractivity contribution is 9.10. The van der Waals surface area contributed by atoms with E-state index in [4.69, 9.17) is 0 Å². The fourth-order valence-corrected chi connectivity index (χ4v) is 2.50. The quantitative estimate of drug-likeness (QED) is 0.710. The van der Waals surface area contributed by atoms with Crippen molar-refractivity contribution in [3.63, 3.8) is 0 Å². The Hall–Kier alpha value is -0.640. The third-order valence-corrected chi connectivity index (χ3v) is 3.95. The molecule has 1 saturated carbocycles. The molecule has 0 amide bonds. The van der Waals surface area contributed by atoms with E-state index in [2.05, 4.69) is 15.9 Å². The van der Waals surface area contributed by atoms with Gasteiger partial charge >= 0.3 is 0 Å². The molecule has 0 bridgehead atoms. The third kappa shape index (κ3) is 1.46. The van der Waals surface area contributed by atoms with Gasteiger partial charge < -0.3 is 4.90 Å². The second kappa shape index (κ2) is 2.94. The van der Waals surface area contributed by atoms with Gasteiger partial charge in [0, 0.05) is 24.6 Å². The topological polar surface area (TPSA) is 3.24 Å². The smallest absolute Gasteiger partial charge is 0.147 e. The van der Waals surface area contributed by atoms with Crippen LogP contribution < -0.4 is 4.90 Å². The number of halogens is 3. The van der Waals surface area contributed by atoms with Crippen LogP contribution in [0.1, 0.15) is 12.8 Å². The van der Waals surface area contributed by atoms with E-state index in [1.807, 2.05) is 4.90 Å². The van der Waals surface area contributed by atoms with Crippen molar-refractivity contribution in [1.29, 1.82) is 0 Å². The molecule has 3 rings (SSSR count). The van der Waals surface area contributed by atoms with Gasteiger partial charge in [0.1, 0.15) is 11.6 Å². The zero-order chi connectivity index (χ0) is 10.6. The van der Waals surface area contributed by atoms with Crippen LogP contribution in [-0.2, 0) is 0 Å². The average molecular weight is 274 g/mol. The Morgan fingerprint density at radius 1 is 1.13 bits per heavy atom. The van der Waals surface area contributed by atoms with Gasteiger partial charge in [-0.15, -0.1) is 0 Å². The van der Waals surface area contributed by atoms with E-state index < -0.39 is 5.82 Å². The van der Waals surface area contributed by atoms with Gasteiger partial charge in [0.15, 0.2) is 0 Å². The molecule has 1 heterocycles. The molecule has 1 saturated heterocycles. The largest absolute Gasteiger partial charge is 0.368 e. The molecule has 0 N–H and O–H groups in total. The maximum atomic E-state index is 13.5. The van der Waals surface area contributed by atoms with Gasteiger partial charge in [-0.1, -0.05) is 0 Å². The molecular formula is C11H10BrF2N. The second-order valence-corrected chi connectivity index (χ2v) is 5.43. The first-order valence-electron chi connectivity index (χ1n) is 4.99. The predicted molar refractivity (Wildman–Crippen MR) is 57.9 cm³/mol. The lowest BCUT2D eigenvalue weighted by molar-refractivity contribution is 0.381. The van der Waals surface area contributed by atoms with Crippen LogP contribution in [0.5, 0.6) is 0 Å². The summed E-state index contributed by atoms with van der Waals surface area (Å²) in [4.78, 5) is 1.91. The number of benzene rings is 1. The van der Waals surface area contributed by atoms with Crippen molar-refractivity contribution >= 4 is 21.6 Å². The van der Waals surface area contributed by atoms with Crippen LogP contribution in [0.2, 0.25) is 0 Å². The van der Waals surface area contributed by atoms with Gasteiger partial charge in [0.2, 0.25) is 0 Å². The van der Waals surface area contributed by atoms with E-state index in [-0.39, 0.29) is 10.3 Å². The van der Waals surface area contributed by atoms with Gasteiger partial charge in [-0.25, -0.2) is 8.78 Å². The second-order valence-electron chi connectivity index (χ2n) is 4.57. The number of rotatable bonds is 1. The van der Waals surface area contributed by atoms with Gasteiger partial charge in [-0.3, -0.25) is 0 Å². The number of anilines is 1. The molecule has 1 nitrogen and oxygen atoms in total. The Kier molecular flexibility index (Phi) is 1.88. The van der Waals surface area contributed by atoms with Crippen LogP contribution in [0.4, 0.5) is 14.5 Å². The van der Waals surface area contributed by atoms with E-state index in [0.717, 1.165) is 13.1 Å². The molecule has 1 aromatic carbocycles. The molecule has 0 unspecified atom stereocenters. The van der Waals surface area contributed by atoms with E-state index >= 15 is 0 Å². The molecule has 2 fully saturated rings. The number of hydrogen-bond acceptors (Lipinski definition) is 1. The van der Waals surface area contributed by atoms with Crippen molar-refractivity contribution in [2.45, 2.75) is 12.8 Å². The summed E-state index contributed by atoms with van der Waals surface area (Å²) in [7, 11) is 0. The Labute approximate surface area is 95.2 Å². The fourth-order valence-electron chi connectivity index (χ4n) is 2.18. The van der Waals surface area contributed by atoms with Crippen molar-refractivity contribution < 1.29 is 8.78 Å². The molecule has 80 valence electrons. The minimum absolute atomic E-state index is 0.186. The van der Waals surface area contributed by atoms with Gasteiger partial charge in [-0.2, -0.15) is 0 Å². The first-order valence-corrected chi connectivity index (χ1v) is 5.78. The maximum Gasteiger partial charge on any atom is 0.147 e. The number of nitrogens with zero attached hydrogens (tertiary/aromatic N) is 1. The average Bonchev–Trinajstić information content (AvgIpc) is 2.89. The molecule has 2 aliphatic rings. The van der Waals surface area contributed by atoms with E-state index in [9.17, 15) is 8.78 Å². The SMILES string of the molecule is Fc1cc(N2CC3(CC3)C2)c(F)cc1Br. The molecule has 1 spiro atoms. The molecule has 1 aliphatic heterocycles. The molecule has 4 heteroatoms. The Morgan fingerprint density at radius 3 is 2.40 bits per heavy atom. The Bertz CT molecular complexity index is 421. The highest BCUT2D eigenvalue weighted by Crippen LogP contribution is 2.54.